The Morgan fingerprint density at radius 2 is 2.00 bits per heavy atom. The van der Waals surface area contributed by atoms with Crippen LogP contribution in [0.3, 0.4) is 0 Å². The van der Waals surface area contributed by atoms with E-state index in [4.69, 9.17) is 10.5 Å². The highest BCUT2D eigenvalue weighted by Crippen LogP contribution is 2.32. The number of nitrogens with one attached hydrogen (secondary N) is 1. The van der Waals surface area contributed by atoms with Crippen LogP contribution in [0.4, 0.5) is 5.69 Å². The molecule has 1 atom stereocenters. The summed E-state index contributed by atoms with van der Waals surface area (Å²) in [5.74, 6) is -0.911. The molecule has 0 aliphatic rings. The number of amides is 1. The molecule has 5 nitrogen and oxygen atoms in total. The molecular weight excluding hydrogens is 392 g/mol. The number of hydrogen-bond donors (Lipinski definition) is 2. The summed E-state index contributed by atoms with van der Waals surface area (Å²) in [5.41, 5.74) is 5.47. The van der Waals surface area contributed by atoms with Crippen LogP contribution in [0.1, 0.15) is 30.6 Å². The Bertz CT molecular complexity index is 545. The molecule has 0 radical (unpaired) electrons. The van der Waals surface area contributed by atoms with Gasteiger partial charge in [-0.05, 0) is 41.4 Å². The van der Waals surface area contributed by atoms with Gasteiger partial charge >= 0.3 is 5.97 Å². The minimum Gasteiger partial charge on any atom is -0.465 e. The Kier molecular flexibility index (Phi) is 5.73. The Morgan fingerprint density at radius 1 is 1.40 bits per heavy atom. The molecule has 0 saturated carbocycles. The highest BCUT2D eigenvalue weighted by molar-refractivity contribution is 9.11. The molecule has 0 spiro atoms. The number of anilines is 1. The van der Waals surface area contributed by atoms with Crippen molar-refractivity contribution in [2.75, 3.05) is 12.4 Å². The Hall–Kier alpha value is -0.920. The van der Waals surface area contributed by atoms with Gasteiger partial charge in [0.15, 0.2) is 0 Å². The average Bonchev–Trinajstić information content (AvgIpc) is 2.40. The molecule has 1 rings (SSSR count). The lowest BCUT2D eigenvalue weighted by molar-refractivity contribution is -0.120. The molecule has 0 aromatic heterocycles. The number of benzene rings is 1. The molecule has 1 amide bonds. The van der Waals surface area contributed by atoms with Gasteiger partial charge in [0, 0.05) is 8.95 Å². The van der Waals surface area contributed by atoms with Gasteiger partial charge in [0.2, 0.25) is 5.91 Å². The van der Waals surface area contributed by atoms with Gasteiger partial charge in [0.25, 0.3) is 0 Å². The number of carbonyl (C=O) groups is 2. The van der Waals surface area contributed by atoms with Crippen LogP contribution < -0.4 is 11.1 Å². The summed E-state index contributed by atoms with van der Waals surface area (Å²) < 4.78 is 5.97. The Morgan fingerprint density at radius 3 is 2.50 bits per heavy atom. The van der Waals surface area contributed by atoms with Crippen LogP contribution in [-0.2, 0) is 9.53 Å². The zero-order valence-electron chi connectivity index (χ0n) is 11.4. The Balaban J connectivity index is 3.24. The predicted octanol–water partition coefficient (Wildman–Crippen LogP) is 3.06. The van der Waals surface area contributed by atoms with Gasteiger partial charge in [0.05, 0.1) is 23.9 Å². The first kappa shape index (κ1) is 17.1. The maximum atomic E-state index is 12.1. The third kappa shape index (κ3) is 3.80. The normalized spacial score (nSPS) is 13.5. The number of carbonyl (C=O) groups excluding carboxylic acids is 2. The number of methoxy groups -OCH3 is 1. The molecule has 20 heavy (non-hydrogen) atoms. The van der Waals surface area contributed by atoms with E-state index in [1.54, 1.807) is 19.1 Å². The van der Waals surface area contributed by atoms with E-state index >= 15 is 0 Å². The Labute approximate surface area is 134 Å². The summed E-state index contributed by atoms with van der Waals surface area (Å²) in [5, 5.41) is 2.68. The first-order chi connectivity index (χ1) is 9.22. The predicted molar refractivity (Wildman–Crippen MR) is 84.7 cm³/mol. The summed E-state index contributed by atoms with van der Waals surface area (Å²) in [6.07, 6.45) is 0.473. The highest BCUT2D eigenvalue weighted by atomic mass is 79.9. The van der Waals surface area contributed by atoms with Gasteiger partial charge in [-0.1, -0.05) is 22.9 Å². The van der Waals surface area contributed by atoms with Crippen molar-refractivity contribution in [3.8, 4) is 0 Å². The van der Waals surface area contributed by atoms with Crippen LogP contribution in [-0.4, -0.2) is 24.5 Å². The van der Waals surface area contributed by atoms with Gasteiger partial charge in [-0.2, -0.15) is 0 Å². The number of hydrogen-bond acceptors (Lipinski definition) is 4. The van der Waals surface area contributed by atoms with Crippen molar-refractivity contribution in [1.82, 2.24) is 0 Å². The standard InChI is InChI=1S/C13H16Br2N2O3/c1-4-13(2,16)12(19)17-10-8(11(18)20-3)5-7(14)6-9(10)15/h5-6H,4,16H2,1-3H3,(H,17,19). The fourth-order valence-electron chi connectivity index (χ4n) is 1.39. The van der Waals surface area contributed by atoms with Gasteiger partial charge in [-0.15, -0.1) is 0 Å². The molecule has 110 valence electrons. The number of esters is 1. The second kappa shape index (κ2) is 6.69. The van der Waals surface area contributed by atoms with E-state index in [1.165, 1.54) is 7.11 Å². The first-order valence-electron chi connectivity index (χ1n) is 5.90. The second-order valence-corrected chi connectivity index (χ2v) is 6.30. The summed E-state index contributed by atoms with van der Waals surface area (Å²) in [4.78, 5) is 23.9. The minimum atomic E-state index is -1.01. The van der Waals surface area contributed by atoms with Crippen molar-refractivity contribution in [3.05, 3.63) is 26.6 Å². The number of nitrogens with two attached hydrogens (primary N) is 1. The number of ether oxygens (including phenoxy) is 1. The van der Waals surface area contributed by atoms with Gasteiger partial charge in [-0.25, -0.2) is 4.79 Å². The molecule has 1 aromatic carbocycles. The van der Waals surface area contributed by atoms with Crippen LogP contribution in [0.15, 0.2) is 21.1 Å². The molecule has 0 aliphatic heterocycles. The maximum absolute atomic E-state index is 12.1. The number of rotatable bonds is 4. The lowest BCUT2D eigenvalue weighted by Gasteiger charge is -2.23. The quantitative estimate of drug-likeness (QED) is 0.751. The molecule has 3 N–H and O–H groups in total. The molecule has 1 aromatic rings. The van der Waals surface area contributed by atoms with E-state index in [-0.39, 0.29) is 11.5 Å². The lowest BCUT2D eigenvalue weighted by atomic mass is 9.99. The molecule has 0 saturated heterocycles. The monoisotopic (exact) mass is 406 g/mol. The van der Waals surface area contributed by atoms with Crippen molar-refractivity contribution in [2.24, 2.45) is 5.73 Å². The van der Waals surface area contributed by atoms with Crippen LogP contribution >= 0.6 is 31.9 Å². The average molecular weight is 408 g/mol. The summed E-state index contributed by atoms with van der Waals surface area (Å²) in [6, 6.07) is 3.30. The van der Waals surface area contributed by atoms with E-state index in [2.05, 4.69) is 37.2 Å². The van der Waals surface area contributed by atoms with Gasteiger partial charge in [-0.3, -0.25) is 4.79 Å². The lowest BCUT2D eigenvalue weighted by Crippen LogP contribution is -2.48. The van der Waals surface area contributed by atoms with Crippen LogP contribution in [0.5, 0.6) is 0 Å². The summed E-state index contributed by atoms with van der Waals surface area (Å²) in [6.45, 7) is 3.45. The molecule has 0 fully saturated rings. The summed E-state index contributed by atoms with van der Waals surface area (Å²) >= 11 is 6.61. The van der Waals surface area contributed by atoms with E-state index in [1.807, 2.05) is 6.92 Å². The maximum Gasteiger partial charge on any atom is 0.340 e. The van der Waals surface area contributed by atoms with Crippen LogP contribution in [0, 0.1) is 0 Å². The minimum absolute atomic E-state index is 0.244. The third-order valence-corrected chi connectivity index (χ3v) is 4.04. The smallest absolute Gasteiger partial charge is 0.340 e. The van der Waals surface area contributed by atoms with Gasteiger partial charge in [0.1, 0.15) is 0 Å². The molecule has 1 unspecified atom stereocenters. The summed E-state index contributed by atoms with van der Waals surface area (Å²) in [7, 11) is 1.28. The van der Waals surface area contributed by atoms with Crippen molar-refractivity contribution >= 4 is 49.4 Å². The van der Waals surface area contributed by atoms with Crippen LogP contribution in [0.25, 0.3) is 0 Å². The zero-order chi connectivity index (χ0) is 15.5. The SMILES string of the molecule is CCC(C)(N)C(=O)Nc1c(Br)cc(Br)cc1C(=O)OC. The van der Waals surface area contributed by atoms with Crippen LogP contribution in [0.2, 0.25) is 0 Å². The number of halogens is 2. The van der Waals surface area contributed by atoms with Crippen molar-refractivity contribution in [3.63, 3.8) is 0 Å². The van der Waals surface area contributed by atoms with E-state index in [9.17, 15) is 9.59 Å². The van der Waals surface area contributed by atoms with Crippen molar-refractivity contribution in [1.29, 1.82) is 0 Å². The molecule has 0 bridgehead atoms. The van der Waals surface area contributed by atoms with Gasteiger partial charge < -0.3 is 15.8 Å². The zero-order valence-corrected chi connectivity index (χ0v) is 14.6. The van der Waals surface area contributed by atoms with E-state index in [0.29, 0.717) is 21.1 Å². The fourth-order valence-corrected chi connectivity index (χ4v) is 2.71. The molecular formula is C13H16Br2N2O3. The fraction of sp³-hybridized carbons (Fsp3) is 0.385. The first-order valence-corrected chi connectivity index (χ1v) is 7.49. The van der Waals surface area contributed by atoms with E-state index in [0.717, 1.165) is 0 Å². The largest absolute Gasteiger partial charge is 0.465 e. The highest BCUT2D eigenvalue weighted by Gasteiger charge is 2.28. The molecule has 7 heteroatoms. The van der Waals surface area contributed by atoms with Crippen molar-refractivity contribution < 1.29 is 14.3 Å². The topological polar surface area (TPSA) is 81.4 Å². The second-order valence-electron chi connectivity index (χ2n) is 4.53. The molecule has 0 aliphatic carbocycles. The van der Waals surface area contributed by atoms with Crippen molar-refractivity contribution in [2.45, 2.75) is 25.8 Å². The third-order valence-electron chi connectivity index (χ3n) is 2.95. The molecule has 0 heterocycles. The van der Waals surface area contributed by atoms with E-state index < -0.39 is 11.5 Å².